The second-order valence-corrected chi connectivity index (χ2v) is 5.28. The van der Waals surface area contributed by atoms with E-state index in [9.17, 15) is 5.11 Å². The highest BCUT2D eigenvalue weighted by Crippen LogP contribution is 2.32. The van der Waals surface area contributed by atoms with Crippen molar-refractivity contribution in [1.29, 1.82) is 0 Å². The van der Waals surface area contributed by atoms with Crippen molar-refractivity contribution in [2.24, 2.45) is 5.41 Å². The van der Waals surface area contributed by atoms with Crippen LogP contribution in [0.5, 0.6) is 5.75 Å². The van der Waals surface area contributed by atoms with Crippen LogP contribution in [-0.2, 0) is 11.2 Å². The van der Waals surface area contributed by atoms with E-state index in [1.807, 2.05) is 12.1 Å². The summed E-state index contributed by atoms with van der Waals surface area (Å²) in [6, 6.07) is 7.55. The first-order valence-corrected chi connectivity index (χ1v) is 6.80. The molecule has 1 atom stereocenters. The van der Waals surface area contributed by atoms with Gasteiger partial charge in [0, 0.05) is 18.6 Å². The van der Waals surface area contributed by atoms with Crippen LogP contribution in [0.15, 0.2) is 24.3 Å². The van der Waals surface area contributed by atoms with E-state index in [4.69, 9.17) is 4.74 Å². The van der Waals surface area contributed by atoms with Gasteiger partial charge in [0.05, 0.1) is 6.61 Å². The van der Waals surface area contributed by atoms with Gasteiger partial charge in [-0.05, 0) is 43.5 Å². The molecule has 1 fully saturated rings. The van der Waals surface area contributed by atoms with Crippen molar-refractivity contribution in [1.82, 2.24) is 5.32 Å². The predicted molar refractivity (Wildman–Crippen MR) is 72.8 cm³/mol. The van der Waals surface area contributed by atoms with Gasteiger partial charge in [-0.2, -0.15) is 0 Å². The van der Waals surface area contributed by atoms with Gasteiger partial charge in [-0.3, -0.25) is 0 Å². The molecule has 1 aliphatic rings. The van der Waals surface area contributed by atoms with Crippen LogP contribution in [0.2, 0.25) is 0 Å². The van der Waals surface area contributed by atoms with E-state index in [-0.39, 0.29) is 5.41 Å². The van der Waals surface area contributed by atoms with Crippen LogP contribution in [0.1, 0.15) is 25.3 Å². The number of phenols is 1. The Bertz CT molecular complexity index is 355. The van der Waals surface area contributed by atoms with Crippen molar-refractivity contribution in [2.45, 2.75) is 26.2 Å². The van der Waals surface area contributed by atoms with Crippen molar-refractivity contribution >= 4 is 0 Å². The Morgan fingerprint density at radius 3 is 2.72 bits per heavy atom. The quantitative estimate of drug-likeness (QED) is 0.841. The van der Waals surface area contributed by atoms with Gasteiger partial charge < -0.3 is 15.2 Å². The first-order valence-electron chi connectivity index (χ1n) is 6.80. The summed E-state index contributed by atoms with van der Waals surface area (Å²) in [5.41, 5.74) is 1.49. The number of hydrogen-bond acceptors (Lipinski definition) is 3. The highest BCUT2D eigenvalue weighted by Gasteiger charge is 2.32. The number of rotatable bonds is 5. The lowest BCUT2D eigenvalue weighted by Crippen LogP contribution is -2.42. The second-order valence-electron chi connectivity index (χ2n) is 5.28. The van der Waals surface area contributed by atoms with Crippen LogP contribution in [-0.4, -0.2) is 31.4 Å². The lowest BCUT2D eigenvalue weighted by Gasteiger charge is -2.37. The second kappa shape index (κ2) is 6.21. The molecule has 3 nitrogen and oxygen atoms in total. The number of aromatic hydroxyl groups is 1. The van der Waals surface area contributed by atoms with Crippen molar-refractivity contribution < 1.29 is 9.84 Å². The molecule has 0 bridgehead atoms. The van der Waals surface area contributed by atoms with Crippen LogP contribution < -0.4 is 5.32 Å². The summed E-state index contributed by atoms with van der Waals surface area (Å²) in [6.45, 7) is 5.87. The molecule has 0 radical (unpaired) electrons. The maximum atomic E-state index is 9.33. The molecule has 1 saturated heterocycles. The Balaban J connectivity index is 2.06. The summed E-state index contributed by atoms with van der Waals surface area (Å²) in [6.07, 6.45) is 3.37. The summed E-state index contributed by atoms with van der Waals surface area (Å²) < 4.78 is 5.69. The standard InChI is InChI=1S/C15H23NO2/c1-2-16-11-15(8-3-9-18-12-15)10-13-4-6-14(17)7-5-13/h4-7,16-17H,2-3,8-12H2,1H3. The van der Waals surface area contributed by atoms with Crippen LogP contribution in [0, 0.1) is 5.41 Å². The third kappa shape index (κ3) is 3.47. The van der Waals surface area contributed by atoms with Gasteiger partial charge in [0.1, 0.15) is 5.75 Å². The Morgan fingerprint density at radius 1 is 1.33 bits per heavy atom. The minimum atomic E-state index is 0.214. The molecule has 1 heterocycles. The fourth-order valence-corrected chi connectivity index (χ4v) is 2.69. The van der Waals surface area contributed by atoms with Crippen molar-refractivity contribution in [3.8, 4) is 5.75 Å². The van der Waals surface area contributed by atoms with Gasteiger partial charge >= 0.3 is 0 Å². The molecule has 3 heteroatoms. The molecule has 100 valence electrons. The highest BCUT2D eigenvalue weighted by atomic mass is 16.5. The largest absolute Gasteiger partial charge is 0.508 e. The first kappa shape index (κ1) is 13.4. The lowest BCUT2D eigenvalue weighted by atomic mass is 9.77. The van der Waals surface area contributed by atoms with E-state index in [2.05, 4.69) is 12.2 Å². The smallest absolute Gasteiger partial charge is 0.115 e. The molecule has 1 aromatic rings. The van der Waals surface area contributed by atoms with E-state index in [0.29, 0.717) is 5.75 Å². The zero-order valence-corrected chi connectivity index (χ0v) is 11.1. The summed E-state index contributed by atoms with van der Waals surface area (Å²) in [5.74, 6) is 0.333. The maximum absolute atomic E-state index is 9.33. The minimum Gasteiger partial charge on any atom is -0.508 e. The van der Waals surface area contributed by atoms with E-state index < -0.39 is 0 Å². The minimum absolute atomic E-state index is 0.214. The number of hydrogen-bond donors (Lipinski definition) is 2. The first-order chi connectivity index (χ1) is 8.74. The monoisotopic (exact) mass is 249 g/mol. The van der Waals surface area contributed by atoms with Crippen molar-refractivity contribution in [3.05, 3.63) is 29.8 Å². The number of benzene rings is 1. The van der Waals surface area contributed by atoms with Gasteiger partial charge in [0.25, 0.3) is 0 Å². The average molecular weight is 249 g/mol. The van der Waals surface area contributed by atoms with Crippen LogP contribution >= 0.6 is 0 Å². The molecule has 0 saturated carbocycles. The molecule has 1 aromatic carbocycles. The summed E-state index contributed by atoms with van der Waals surface area (Å²) in [5, 5.41) is 12.8. The van der Waals surface area contributed by atoms with Gasteiger partial charge in [-0.25, -0.2) is 0 Å². The topological polar surface area (TPSA) is 41.5 Å². The Morgan fingerprint density at radius 2 is 2.11 bits per heavy atom. The van der Waals surface area contributed by atoms with Gasteiger partial charge in [-0.1, -0.05) is 19.1 Å². The third-order valence-corrected chi connectivity index (χ3v) is 3.67. The fourth-order valence-electron chi connectivity index (χ4n) is 2.69. The molecular weight excluding hydrogens is 226 g/mol. The molecule has 2 N–H and O–H groups in total. The molecule has 0 aromatic heterocycles. The summed E-state index contributed by atoms with van der Waals surface area (Å²) >= 11 is 0. The van der Waals surface area contributed by atoms with Crippen LogP contribution in [0.4, 0.5) is 0 Å². The molecular formula is C15H23NO2. The molecule has 0 spiro atoms. The Hall–Kier alpha value is -1.06. The van der Waals surface area contributed by atoms with Gasteiger partial charge in [0.15, 0.2) is 0 Å². The van der Waals surface area contributed by atoms with E-state index in [1.165, 1.54) is 12.0 Å². The highest BCUT2D eigenvalue weighted by molar-refractivity contribution is 5.26. The van der Waals surface area contributed by atoms with Gasteiger partial charge in [0.2, 0.25) is 0 Å². The number of ether oxygens (including phenoxy) is 1. The van der Waals surface area contributed by atoms with Crippen molar-refractivity contribution in [2.75, 3.05) is 26.3 Å². The average Bonchev–Trinajstić information content (AvgIpc) is 2.40. The Labute approximate surface area is 109 Å². The van der Waals surface area contributed by atoms with Crippen LogP contribution in [0.3, 0.4) is 0 Å². The molecule has 0 aliphatic carbocycles. The maximum Gasteiger partial charge on any atom is 0.115 e. The molecule has 1 aliphatic heterocycles. The van der Waals surface area contributed by atoms with E-state index in [0.717, 1.165) is 39.1 Å². The van der Waals surface area contributed by atoms with E-state index >= 15 is 0 Å². The SMILES string of the molecule is CCNCC1(Cc2ccc(O)cc2)CCCOC1. The number of phenolic OH excluding ortho intramolecular Hbond substituents is 1. The zero-order valence-electron chi connectivity index (χ0n) is 11.1. The molecule has 18 heavy (non-hydrogen) atoms. The summed E-state index contributed by atoms with van der Waals surface area (Å²) in [4.78, 5) is 0. The third-order valence-electron chi connectivity index (χ3n) is 3.67. The lowest BCUT2D eigenvalue weighted by molar-refractivity contribution is -0.00690. The van der Waals surface area contributed by atoms with Gasteiger partial charge in [-0.15, -0.1) is 0 Å². The number of nitrogens with one attached hydrogen (secondary N) is 1. The summed E-state index contributed by atoms with van der Waals surface area (Å²) in [7, 11) is 0. The van der Waals surface area contributed by atoms with Crippen LogP contribution in [0.25, 0.3) is 0 Å². The van der Waals surface area contributed by atoms with E-state index in [1.54, 1.807) is 12.1 Å². The normalized spacial score (nSPS) is 24.1. The van der Waals surface area contributed by atoms with Crippen molar-refractivity contribution in [3.63, 3.8) is 0 Å². The molecule has 1 unspecified atom stereocenters. The molecule has 2 rings (SSSR count). The predicted octanol–water partition coefficient (Wildman–Crippen LogP) is 2.34. The zero-order chi connectivity index (χ0) is 12.8. The molecule has 0 amide bonds. The fraction of sp³-hybridized carbons (Fsp3) is 0.600. The Kier molecular flexibility index (Phi) is 4.61.